The second-order valence-corrected chi connectivity index (χ2v) is 5.19. The molecule has 0 bridgehead atoms. The summed E-state index contributed by atoms with van der Waals surface area (Å²) in [5.41, 5.74) is 1.25. The normalized spacial score (nSPS) is 16.4. The van der Waals surface area contributed by atoms with Crippen molar-refractivity contribution in [3.63, 3.8) is 0 Å². The monoisotopic (exact) mass is 301 g/mol. The van der Waals surface area contributed by atoms with Crippen LogP contribution < -0.4 is 21.9 Å². The second-order valence-electron chi connectivity index (χ2n) is 4.76. The van der Waals surface area contributed by atoms with Gasteiger partial charge in [-0.3, -0.25) is 0 Å². The molecule has 1 aromatic rings. The molecule has 0 spiro atoms. The Morgan fingerprint density at radius 1 is 1.16 bits per heavy atom. The van der Waals surface area contributed by atoms with E-state index in [0.29, 0.717) is 6.79 Å². The Labute approximate surface area is 124 Å². The van der Waals surface area contributed by atoms with Gasteiger partial charge in [0.2, 0.25) is 12.0 Å². The molecule has 2 aliphatic heterocycles. The van der Waals surface area contributed by atoms with Gasteiger partial charge in [0.15, 0.2) is 11.5 Å². The third-order valence-electron chi connectivity index (χ3n) is 3.51. The molecule has 0 atom stereocenters. The Hall–Kier alpha value is -0.930. The summed E-state index contributed by atoms with van der Waals surface area (Å²) < 4.78 is 13.0. The van der Waals surface area contributed by atoms with Gasteiger partial charge in [0, 0.05) is 19.3 Å². The number of benzene rings is 1. The molecule has 0 amide bonds. The highest BCUT2D eigenvalue weighted by atomic mass is 35.5. The molecule has 0 unspecified atom stereocenters. The summed E-state index contributed by atoms with van der Waals surface area (Å²) in [6.07, 6.45) is 4.38. The number of hydrogen-bond donors (Lipinski definition) is 0. The minimum absolute atomic E-state index is 0. The van der Waals surface area contributed by atoms with Crippen LogP contribution in [0, 0.1) is 0 Å². The van der Waals surface area contributed by atoms with Crippen molar-refractivity contribution in [3.8, 4) is 11.5 Å². The van der Waals surface area contributed by atoms with E-state index in [1.54, 1.807) is 0 Å². The van der Waals surface area contributed by atoms with Crippen LogP contribution >= 0.6 is 11.6 Å². The molecule has 3 nitrogen and oxygen atoms in total. The van der Waals surface area contributed by atoms with Crippen molar-refractivity contribution in [2.75, 3.05) is 19.9 Å². The zero-order valence-corrected chi connectivity index (χ0v) is 12.2. The lowest BCUT2D eigenvalue weighted by Crippen LogP contribution is -3.00. The van der Waals surface area contributed by atoms with Gasteiger partial charge in [0.05, 0.1) is 0 Å². The molecule has 2 aliphatic rings. The van der Waals surface area contributed by atoms with E-state index in [-0.39, 0.29) is 12.4 Å². The second kappa shape index (κ2) is 6.49. The highest BCUT2D eigenvalue weighted by molar-refractivity contribution is 6.63. The number of ether oxygens (including phenoxy) is 2. The van der Waals surface area contributed by atoms with Gasteiger partial charge in [-0.25, -0.2) is 4.58 Å². The fraction of sp³-hybridized carbons (Fsp3) is 0.500. The topological polar surface area (TPSA) is 21.5 Å². The van der Waals surface area contributed by atoms with Crippen LogP contribution in [0.5, 0.6) is 11.5 Å². The van der Waals surface area contributed by atoms with E-state index < -0.39 is 0 Å². The van der Waals surface area contributed by atoms with E-state index in [9.17, 15) is 0 Å². The Morgan fingerprint density at radius 3 is 2.68 bits per heavy atom. The molecule has 1 fully saturated rings. The van der Waals surface area contributed by atoms with Crippen LogP contribution in [0.25, 0.3) is 0 Å². The molecule has 0 saturated carbocycles. The Balaban J connectivity index is 0.00000133. The number of halogens is 2. The van der Waals surface area contributed by atoms with E-state index in [2.05, 4.69) is 16.7 Å². The van der Waals surface area contributed by atoms with Gasteiger partial charge in [0.1, 0.15) is 13.1 Å². The number of rotatable bonds is 3. The van der Waals surface area contributed by atoms with Crippen molar-refractivity contribution in [1.82, 2.24) is 0 Å². The van der Waals surface area contributed by atoms with Crippen molar-refractivity contribution >= 4 is 16.8 Å². The first-order chi connectivity index (χ1) is 8.83. The standard InChI is InChI=1S/C14H17ClNO2.ClH/c15-14(16-7-1-2-8-16)6-4-11-3-5-12-13(9-11)18-10-17-12;/h3,5,9H,1-2,4,6-8,10H2;1H/q+1;/p-1. The molecule has 0 radical (unpaired) electrons. The van der Waals surface area contributed by atoms with E-state index in [1.165, 1.54) is 18.4 Å². The highest BCUT2D eigenvalue weighted by Gasteiger charge is 2.18. The number of hydrogen-bond acceptors (Lipinski definition) is 2. The summed E-state index contributed by atoms with van der Waals surface area (Å²) in [5, 5.41) is 0.991. The lowest BCUT2D eigenvalue weighted by molar-refractivity contribution is -0.504. The Bertz CT molecular complexity index is 480. The van der Waals surface area contributed by atoms with Gasteiger partial charge in [-0.1, -0.05) is 6.07 Å². The summed E-state index contributed by atoms with van der Waals surface area (Å²) in [6, 6.07) is 6.11. The molecule has 1 saturated heterocycles. The van der Waals surface area contributed by atoms with E-state index in [1.807, 2.05) is 6.07 Å². The number of aryl methyl sites for hydroxylation is 1. The maximum Gasteiger partial charge on any atom is 0.245 e. The van der Waals surface area contributed by atoms with E-state index >= 15 is 0 Å². The molecule has 0 N–H and O–H groups in total. The third-order valence-corrected chi connectivity index (χ3v) is 3.93. The van der Waals surface area contributed by atoms with Gasteiger partial charge in [-0.2, -0.15) is 0 Å². The smallest absolute Gasteiger partial charge is 0.245 e. The maximum absolute atomic E-state index is 6.34. The van der Waals surface area contributed by atoms with Gasteiger partial charge >= 0.3 is 0 Å². The SMILES string of the molecule is ClC(CCc1ccc2c(c1)OCO2)=[N+]1CCCC1.[Cl-]. The fourth-order valence-corrected chi connectivity index (χ4v) is 2.73. The molecule has 0 aromatic heterocycles. The lowest BCUT2D eigenvalue weighted by atomic mass is 10.1. The van der Waals surface area contributed by atoms with E-state index in [4.69, 9.17) is 21.1 Å². The number of fused-ring (bicyclic) bond motifs is 1. The highest BCUT2D eigenvalue weighted by Crippen LogP contribution is 2.32. The van der Waals surface area contributed by atoms with Crippen LogP contribution in [-0.4, -0.2) is 29.6 Å². The predicted octanol–water partition coefficient (Wildman–Crippen LogP) is -0.205. The first-order valence-electron chi connectivity index (χ1n) is 6.48. The largest absolute Gasteiger partial charge is 1.00 e. The molecule has 104 valence electrons. The molecular weight excluding hydrogens is 285 g/mol. The summed E-state index contributed by atoms with van der Waals surface area (Å²) in [6.45, 7) is 2.55. The van der Waals surface area contributed by atoms with Crippen LogP contribution in [-0.2, 0) is 6.42 Å². The van der Waals surface area contributed by atoms with Crippen LogP contribution in [0.3, 0.4) is 0 Å². The van der Waals surface area contributed by atoms with Crippen LogP contribution in [0.15, 0.2) is 18.2 Å². The van der Waals surface area contributed by atoms with E-state index in [0.717, 1.165) is 42.6 Å². The van der Waals surface area contributed by atoms with Gasteiger partial charge < -0.3 is 21.9 Å². The average Bonchev–Trinajstić information content (AvgIpc) is 3.05. The summed E-state index contributed by atoms with van der Waals surface area (Å²) in [5.74, 6) is 1.69. The average molecular weight is 302 g/mol. The van der Waals surface area contributed by atoms with Crippen molar-refractivity contribution in [1.29, 1.82) is 0 Å². The minimum atomic E-state index is 0. The zero-order valence-electron chi connectivity index (χ0n) is 10.7. The zero-order chi connectivity index (χ0) is 12.4. The molecule has 19 heavy (non-hydrogen) atoms. The van der Waals surface area contributed by atoms with Crippen LogP contribution in [0.1, 0.15) is 24.8 Å². The fourth-order valence-electron chi connectivity index (χ4n) is 2.46. The molecule has 5 heteroatoms. The third kappa shape index (κ3) is 3.34. The van der Waals surface area contributed by atoms with Gasteiger partial charge in [-0.15, -0.1) is 0 Å². The lowest BCUT2D eigenvalue weighted by Gasteiger charge is -2.02. The molecule has 3 rings (SSSR count). The minimum Gasteiger partial charge on any atom is -1.00 e. The first kappa shape index (κ1) is 14.5. The molecular formula is C14H17Cl2NO2. The maximum atomic E-state index is 6.34. The molecule has 1 aromatic carbocycles. The van der Waals surface area contributed by atoms with Crippen molar-refractivity contribution in [2.24, 2.45) is 0 Å². The molecule has 0 aliphatic carbocycles. The molecule has 2 heterocycles. The van der Waals surface area contributed by atoms with Gasteiger partial charge in [0.25, 0.3) is 0 Å². The quantitative estimate of drug-likeness (QED) is 0.721. The number of nitrogens with zero attached hydrogens (tertiary/aromatic N) is 1. The van der Waals surface area contributed by atoms with Crippen LogP contribution in [0.2, 0.25) is 0 Å². The summed E-state index contributed by atoms with van der Waals surface area (Å²) >= 11 is 6.34. The summed E-state index contributed by atoms with van der Waals surface area (Å²) in [4.78, 5) is 0. The van der Waals surface area contributed by atoms with Crippen molar-refractivity contribution in [2.45, 2.75) is 25.7 Å². The summed E-state index contributed by atoms with van der Waals surface area (Å²) in [7, 11) is 0. The Morgan fingerprint density at radius 2 is 1.89 bits per heavy atom. The van der Waals surface area contributed by atoms with Crippen LogP contribution in [0.4, 0.5) is 0 Å². The predicted molar refractivity (Wildman–Crippen MR) is 71.0 cm³/mol. The van der Waals surface area contributed by atoms with Crippen molar-refractivity contribution < 1.29 is 26.5 Å². The Kier molecular flexibility index (Phi) is 4.94. The van der Waals surface area contributed by atoms with Gasteiger partial charge in [-0.05, 0) is 35.7 Å². The first-order valence-corrected chi connectivity index (χ1v) is 6.85. The van der Waals surface area contributed by atoms with Crippen molar-refractivity contribution in [3.05, 3.63) is 23.8 Å².